The summed E-state index contributed by atoms with van der Waals surface area (Å²) < 4.78 is 31.2. The van der Waals surface area contributed by atoms with E-state index in [1.54, 1.807) is 6.92 Å². The molecule has 1 saturated heterocycles. The van der Waals surface area contributed by atoms with Crippen LogP contribution in [0.25, 0.3) is 0 Å². The maximum Gasteiger partial charge on any atom is 0.250 e. The van der Waals surface area contributed by atoms with Crippen LogP contribution >= 0.6 is 0 Å². The first-order chi connectivity index (χ1) is 9.08. The van der Waals surface area contributed by atoms with Crippen LogP contribution in [-0.2, 0) is 9.53 Å². The maximum absolute atomic E-state index is 13.1. The lowest BCUT2D eigenvalue weighted by Crippen LogP contribution is -2.48. The first-order valence-corrected chi connectivity index (χ1v) is 6.15. The van der Waals surface area contributed by atoms with Crippen molar-refractivity contribution in [3.8, 4) is 0 Å². The van der Waals surface area contributed by atoms with E-state index in [0.717, 1.165) is 18.7 Å². The van der Waals surface area contributed by atoms with E-state index in [1.807, 2.05) is 0 Å². The summed E-state index contributed by atoms with van der Waals surface area (Å²) in [5.74, 6) is -2.08. The number of rotatable bonds is 3. The monoisotopic (exact) mass is 270 g/mol. The van der Waals surface area contributed by atoms with Gasteiger partial charge in [-0.3, -0.25) is 4.79 Å². The molecule has 1 aromatic rings. The zero-order valence-corrected chi connectivity index (χ0v) is 10.6. The number of hydrogen-bond acceptors (Lipinski definition) is 3. The van der Waals surface area contributed by atoms with Crippen LogP contribution in [0, 0.1) is 11.6 Å². The number of benzene rings is 1. The fourth-order valence-corrected chi connectivity index (χ4v) is 1.91. The SMILES string of the molecule is CC(NC(=O)C1CNCCO1)c1ccc(F)c(F)c1. The van der Waals surface area contributed by atoms with Crippen LogP contribution in [0.5, 0.6) is 0 Å². The lowest BCUT2D eigenvalue weighted by molar-refractivity contribution is -0.134. The van der Waals surface area contributed by atoms with Crippen molar-refractivity contribution in [2.45, 2.75) is 19.1 Å². The quantitative estimate of drug-likeness (QED) is 0.865. The van der Waals surface area contributed by atoms with Gasteiger partial charge < -0.3 is 15.4 Å². The number of carbonyl (C=O) groups excluding carboxylic acids is 1. The second-order valence-corrected chi connectivity index (χ2v) is 4.47. The van der Waals surface area contributed by atoms with Crippen LogP contribution < -0.4 is 10.6 Å². The fourth-order valence-electron chi connectivity index (χ4n) is 1.91. The Morgan fingerprint density at radius 2 is 2.26 bits per heavy atom. The molecule has 2 N–H and O–H groups in total. The molecule has 1 fully saturated rings. The first kappa shape index (κ1) is 13.9. The van der Waals surface area contributed by atoms with Gasteiger partial charge in [0.1, 0.15) is 6.10 Å². The molecule has 0 aliphatic carbocycles. The Hall–Kier alpha value is -1.53. The Labute approximate surface area is 110 Å². The summed E-state index contributed by atoms with van der Waals surface area (Å²) in [6.07, 6.45) is -0.540. The van der Waals surface area contributed by atoms with Crippen molar-refractivity contribution < 1.29 is 18.3 Å². The fraction of sp³-hybridized carbons (Fsp3) is 0.462. The first-order valence-electron chi connectivity index (χ1n) is 6.15. The third-order valence-electron chi connectivity index (χ3n) is 3.02. The number of nitrogens with one attached hydrogen (secondary N) is 2. The minimum atomic E-state index is -0.922. The highest BCUT2D eigenvalue weighted by atomic mass is 19.2. The van der Waals surface area contributed by atoms with Gasteiger partial charge in [-0.15, -0.1) is 0 Å². The second-order valence-electron chi connectivity index (χ2n) is 4.47. The zero-order chi connectivity index (χ0) is 13.8. The molecule has 1 aliphatic rings. The number of amides is 1. The molecular formula is C13H16F2N2O2. The van der Waals surface area contributed by atoms with Crippen molar-refractivity contribution in [1.29, 1.82) is 0 Å². The van der Waals surface area contributed by atoms with Gasteiger partial charge in [0.25, 0.3) is 5.91 Å². The number of morpholine rings is 1. The van der Waals surface area contributed by atoms with E-state index in [1.165, 1.54) is 6.07 Å². The summed E-state index contributed by atoms with van der Waals surface area (Å²) in [5, 5.41) is 5.77. The van der Waals surface area contributed by atoms with E-state index in [2.05, 4.69) is 10.6 Å². The van der Waals surface area contributed by atoms with Gasteiger partial charge in [-0.1, -0.05) is 6.07 Å². The maximum atomic E-state index is 13.1. The van der Waals surface area contributed by atoms with Crippen LogP contribution in [0.2, 0.25) is 0 Å². The average Bonchev–Trinajstić information content (AvgIpc) is 2.42. The van der Waals surface area contributed by atoms with E-state index in [0.29, 0.717) is 18.7 Å². The molecule has 1 aliphatic heterocycles. The number of halogens is 2. The molecule has 0 bridgehead atoms. The predicted molar refractivity (Wildman–Crippen MR) is 65.5 cm³/mol. The van der Waals surface area contributed by atoms with Crippen LogP contribution in [0.15, 0.2) is 18.2 Å². The second kappa shape index (κ2) is 6.08. The van der Waals surface area contributed by atoms with Crippen molar-refractivity contribution in [2.24, 2.45) is 0 Å². The lowest BCUT2D eigenvalue weighted by Gasteiger charge is -2.24. The third kappa shape index (κ3) is 3.48. The Balaban J connectivity index is 1.97. The molecule has 2 atom stereocenters. The molecule has 1 amide bonds. The zero-order valence-electron chi connectivity index (χ0n) is 10.6. The summed E-state index contributed by atoms with van der Waals surface area (Å²) in [6, 6.07) is 3.17. The molecule has 2 unspecified atom stereocenters. The van der Waals surface area contributed by atoms with Crippen molar-refractivity contribution in [1.82, 2.24) is 10.6 Å². The van der Waals surface area contributed by atoms with Gasteiger partial charge in [-0.2, -0.15) is 0 Å². The molecule has 2 rings (SSSR count). The Morgan fingerprint density at radius 1 is 1.47 bits per heavy atom. The predicted octanol–water partition coefficient (Wildman–Crippen LogP) is 1.13. The molecule has 0 radical (unpaired) electrons. The van der Waals surface area contributed by atoms with Gasteiger partial charge >= 0.3 is 0 Å². The van der Waals surface area contributed by atoms with Gasteiger partial charge in [0.2, 0.25) is 0 Å². The standard InChI is InChI=1S/C13H16F2N2O2/c1-8(9-2-3-10(14)11(15)6-9)17-13(18)12-7-16-4-5-19-12/h2-3,6,8,12,16H,4-5,7H2,1H3,(H,17,18). The minimum absolute atomic E-state index is 0.260. The number of ether oxygens (including phenoxy) is 1. The van der Waals surface area contributed by atoms with Crippen molar-refractivity contribution in [3.05, 3.63) is 35.4 Å². The Kier molecular flexibility index (Phi) is 4.44. The normalized spacial score (nSPS) is 20.9. The Morgan fingerprint density at radius 3 is 2.89 bits per heavy atom. The Bertz CT molecular complexity index is 462. The number of carbonyl (C=O) groups is 1. The molecule has 1 heterocycles. The summed E-state index contributed by atoms with van der Waals surface area (Å²) in [5.41, 5.74) is 0.510. The van der Waals surface area contributed by atoms with Crippen LogP contribution in [0.1, 0.15) is 18.5 Å². The van der Waals surface area contributed by atoms with Crippen molar-refractivity contribution in [3.63, 3.8) is 0 Å². The van der Waals surface area contributed by atoms with E-state index < -0.39 is 23.8 Å². The molecule has 4 nitrogen and oxygen atoms in total. The molecule has 104 valence electrons. The van der Waals surface area contributed by atoms with Gasteiger partial charge in [0.15, 0.2) is 11.6 Å². The third-order valence-corrected chi connectivity index (χ3v) is 3.02. The largest absolute Gasteiger partial charge is 0.366 e. The topological polar surface area (TPSA) is 50.4 Å². The summed E-state index contributed by atoms with van der Waals surface area (Å²) >= 11 is 0. The highest BCUT2D eigenvalue weighted by molar-refractivity contribution is 5.81. The molecule has 0 aromatic heterocycles. The van der Waals surface area contributed by atoms with Crippen LogP contribution in [0.3, 0.4) is 0 Å². The molecule has 1 aromatic carbocycles. The van der Waals surface area contributed by atoms with E-state index in [4.69, 9.17) is 4.74 Å². The summed E-state index contributed by atoms with van der Waals surface area (Å²) in [7, 11) is 0. The summed E-state index contributed by atoms with van der Waals surface area (Å²) in [4.78, 5) is 11.9. The number of hydrogen-bond donors (Lipinski definition) is 2. The van der Waals surface area contributed by atoms with E-state index in [9.17, 15) is 13.6 Å². The molecule has 0 spiro atoms. The molecule has 0 saturated carbocycles. The van der Waals surface area contributed by atoms with Gasteiger partial charge in [-0.25, -0.2) is 8.78 Å². The van der Waals surface area contributed by atoms with Crippen molar-refractivity contribution >= 4 is 5.91 Å². The van der Waals surface area contributed by atoms with Gasteiger partial charge in [-0.05, 0) is 24.6 Å². The van der Waals surface area contributed by atoms with Crippen LogP contribution in [0.4, 0.5) is 8.78 Å². The smallest absolute Gasteiger partial charge is 0.250 e. The average molecular weight is 270 g/mol. The van der Waals surface area contributed by atoms with Gasteiger partial charge in [0.05, 0.1) is 12.6 Å². The lowest BCUT2D eigenvalue weighted by atomic mass is 10.1. The van der Waals surface area contributed by atoms with E-state index >= 15 is 0 Å². The molecule has 19 heavy (non-hydrogen) atoms. The molecular weight excluding hydrogens is 254 g/mol. The highest BCUT2D eigenvalue weighted by Crippen LogP contribution is 2.16. The minimum Gasteiger partial charge on any atom is -0.366 e. The molecule has 6 heteroatoms. The van der Waals surface area contributed by atoms with E-state index in [-0.39, 0.29) is 5.91 Å². The highest BCUT2D eigenvalue weighted by Gasteiger charge is 2.23. The van der Waals surface area contributed by atoms with Crippen molar-refractivity contribution in [2.75, 3.05) is 19.7 Å². The van der Waals surface area contributed by atoms with Crippen LogP contribution in [-0.4, -0.2) is 31.7 Å². The van der Waals surface area contributed by atoms with Gasteiger partial charge in [0, 0.05) is 13.1 Å². The summed E-state index contributed by atoms with van der Waals surface area (Å²) in [6.45, 7) is 3.37.